The van der Waals surface area contributed by atoms with Gasteiger partial charge in [0, 0.05) is 23.5 Å². The maximum atomic E-state index is 11.9. The van der Waals surface area contributed by atoms with Crippen molar-refractivity contribution in [1.82, 2.24) is 10.4 Å². The van der Waals surface area contributed by atoms with Gasteiger partial charge in [-0.3, -0.25) is 9.78 Å². The highest BCUT2D eigenvalue weighted by atomic mass is 16.3. The first-order chi connectivity index (χ1) is 9.72. The van der Waals surface area contributed by atoms with Crippen LogP contribution in [0.3, 0.4) is 0 Å². The SMILES string of the molecule is CCC(=NNC(=O)c1ccncc1)c1ccccc1O. The normalized spacial score (nSPS) is 11.2. The van der Waals surface area contributed by atoms with Crippen LogP contribution in [0.15, 0.2) is 53.9 Å². The fraction of sp³-hybridized carbons (Fsp3) is 0.133. The minimum absolute atomic E-state index is 0.145. The third-order valence-corrected chi connectivity index (χ3v) is 2.78. The highest BCUT2D eigenvalue weighted by molar-refractivity contribution is 6.03. The number of pyridine rings is 1. The van der Waals surface area contributed by atoms with E-state index < -0.39 is 0 Å². The summed E-state index contributed by atoms with van der Waals surface area (Å²) < 4.78 is 0. The molecular weight excluding hydrogens is 254 g/mol. The van der Waals surface area contributed by atoms with E-state index in [4.69, 9.17) is 0 Å². The van der Waals surface area contributed by atoms with E-state index in [1.54, 1.807) is 42.7 Å². The van der Waals surface area contributed by atoms with Gasteiger partial charge in [-0.1, -0.05) is 19.1 Å². The van der Waals surface area contributed by atoms with E-state index in [9.17, 15) is 9.90 Å². The predicted octanol–water partition coefficient (Wildman–Crippen LogP) is 2.33. The average Bonchev–Trinajstić information content (AvgIpc) is 2.50. The molecule has 1 heterocycles. The van der Waals surface area contributed by atoms with Crippen LogP contribution in [0.2, 0.25) is 0 Å². The van der Waals surface area contributed by atoms with Crippen molar-refractivity contribution in [1.29, 1.82) is 0 Å². The van der Waals surface area contributed by atoms with Crippen molar-refractivity contribution in [3.8, 4) is 5.75 Å². The molecule has 0 aliphatic carbocycles. The summed E-state index contributed by atoms with van der Waals surface area (Å²) in [6, 6.07) is 10.1. The second-order valence-corrected chi connectivity index (χ2v) is 4.11. The maximum Gasteiger partial charge on any atom is 0.271 e. The van der Waals surface area contributed by atoms with Crippen molar-refractivity contribution in [2.45, 2.75) is 13.3 Å². The third kappa shape index (κ3) is 3.20. The summed E-state index contributed by atoms with van der Waals surface area (Å²) in [6.45, 7) is 1.91. The number of rotatable bonds is 4. The van der Waals surface area contributed by atoms with Crippen LogP contribution in [-0.4, -0.2) is 21.7 Å². The zero-order valence-electron chi connectivity index (χ0n) is 11.1. The number of para-hydroxylation sites is 1. The van der Waals surface area contributed by atoms with Gasteiger partial charge in [-0.2, -0.15) is 5.10 Å². The lowest BCUT2D eigenvalue weighted by molar-refractivity contribution is 0.0954. The van der Waals surface area contributed by atoms with Crippen LogP contribution < -0.4 is 5.43 Å². The summed E-state index contributed by atoms with van der Waals surface area (Å²) in [5.41, 5.74) is 4.20. The van der Waals surface area contributed by atoms with Gasteiger partial charge in [-0.05, 0) is 30.7 Å². The molecule has 5 nitrogen and oxygen atoms in total. The quantitative estimate of drug-likeness (QED) is 0.660. The Labute approximate surface area is 117 Å². The smallest absolute Gasteiger partial charge is 0.271 e. The molecule has 1 amide bonds. The van der Waals surface area contributed by atoms with Gasteiger partial charge in [0.1, 0.15) is 5.75 Å². The highest BCUT2D eigenvalue weighted by Crippen LogP contribution is 2.17. The van der Waals surface area contributed by atoms with Crippen molar-refractivity contribution in [3.63, 3.8) is 0 Å². The van der Waals surface area contributed by atoms with Crippen LogP contribution in [0.5, 0.6) is 5.75 Å². The first kappa shape index (κ1) is 13.7. The number of carbonyl (C=O) groups is 1. The molecule has 0 bridgehead atoms. The van der Waals surface area contributed by atoms with E-state index >= 15 is 0 Å². The lowest BCUT2D eigenvalue weighted by Gasteiger charge is -2.07. The van der Waals surface area contributed by atoms with Gasteiger partial charge in [-0.15, -0.1) is 0 Å². The molecule has 0 saturated heterocycles. The first-order valence-corrected chi connectivity index (χ1v) is 6.27. The molecule has 5 heteroatoms. The van der Waals surface area contributed by atoms with Crippen LogP contribution in [-0.2, 0) is 0 Å². The molecule has 1 aromatic carbocycles. The van der Waals surface area contributed by atoms with Crippen molar-refractivity contribution >= 4 is 11.6 Å². The Balaban J connectivity index is 2.17. The average molecular weight is 269 g/mol. The monoisotopic (exact) mass is 269 g/mol. The molecule has 102 valence electrons. The van der Waals surface area contributed by atoms with E-state index in [0.29, 0.717) is 23.3 Å². The Kier molecular flexibility index (Phi) is 4.44. The number of carbonyl (C=O) groups excluding carboxylic acids is 1. The molecule has 0 fully saturated rings. The minimum atomic E-state index is -0.311. The summed E-state index contributed by atoms with van der Waals surface area (Å²) in [5, 5.41) is 13.9. The van der Waals surface area contributed by atoms with Crippen molar-refractivity contribution in [2.24, 2.45) is 5.10 Å². The third-order valence-electron chi connectivity index (χ3n) is 2.78. The van der Waals surface area contributed by atoms with Crippen molar-refractivity contribution < 1.29 is 9.90 Å². The lowest BCUT2D eigenvalue weighted by Crippen LogP contribution is -2.20. The zero-order valence-corrected chi connectivity index (χ0v) is 11.1. The number of hydrazone groups is 1. The van der Waals surface area contributed by atoms with Crippen LogP contribution in [0.1, 0.15) is 29.3 Å². The number of benzene rings is 1. The number of hydrogen-bond donors (Lipinski definition) is 2. The highest BCUT2D eigenvalue weighted by Gasteiger charge is 2.08. The number of phenols is 1. The Morgan fingerprint density at radius 2 is 1.95 bits per heavy atom. The number of nitrogens with one attached hydrogen (secondary N) is 1. The molecule has 2 rings (SSSR count). The molecule has 0 unspecified atom stereocenters. The van der Waals surface area contributed by atoms with Gasteiger partial charge in [0.2, 0.25) is 0 Å². The molecule has 0 aliphatic heterocycles. The second-order valence-electron chi connectivity index (χ2n) is 4.11. The van der Waals surface area contributed by atoms with Crippen molar-refractivity contribution in [2.75, 3.05) is 0 Å². The molecule has 1 aromatic heterocycles. The van der Waals surface area contributed by atoms with E-state index in [1.165, 1.54) is 0 Å². The van der Waals surface area contributed by atoms with Gasteiger partial charge in [0.25, 0.3) is 5.91 Å². The van der Waals surface area contributed by atoms with Crippen LogP contribution in [0.25, 0.3) is 0 Å². The van der Waals surface area contributed by atoms with E-state index in [2.05, 4.69) is 15.5 Å². The van der Waals surface area contributed by atoms with Crippen LogP contribution in [0.4, 0.5) is 0 Å². The number of nitrogens with zero attached hydrogens (tertiary/aromatic N) is 2. The number of hydrogen-bond acceptors (Lipinski definition) is 4. The number of aromatic nitrogens is 1. The van der Waals surface area contributed by atoms with Crippen molar-refractivity contribution in [3.05, 3.63) is 59.9 Å². The lowest BCUT2D eigenvalue weighted by atomic mass is 10.1. The summed E-state index contributed by atoms with van der Waals surface area (Å²) in [5.74, 6) is -0.167. The summed E-state index contributed by atoms with van der Waals surface area (Å²) in [4.78, 5) is 15.7. The zero-order chi connectivity index (χ0) is 14.4. The van der Waals surface area contributed by atoms with Gasteiger partial charge in [0.15, 0.2) is 0 Å². The first-order valence-electron chi connectivity index (χ1n) is 6.27. The molecule has 2 aromatic rings. The van der Waals surface area contributed by atoms with Gasteiger partial charge >= 0.3 is 0 Å². The van der Waals surface area contributed by atoms with E-state index in [-0.39, 0.29) is 11.7 Å². The summed E-state index contributed by atoms with van der Waals surface area (Å²) in [6.07, 6.45) is 3.68. The molecule has 2 N–H and O–H groups in total. The molecule has 0 saturated carbocycles. The molecule has 0 radical (unpaired) electrons. The Hall–Kier alpha value is -2.69. The minimum Gasteiger partial charge on any atom is -0.507 e. The number of aromatic hydroxyl groups is 1. The fourth-order valence-electron chi connectivity index (χ4n) is 1.73. The van der Waals surface area contributed by atoms with E-state index in [1.807, 2.05) is 13.0 Å². The summed E-state index contributed by atoms with van der Waals surface area (Å²) in [7, 11) is 0. The van der Waals surface area contributed by atoms with Gasteiger partial charge in [0.05, 0.1) is 5.71 Å². The predicted molar refractivity (Wildman–Crippen MR) is 76.6 cm³/mol. The molecule has 0 spiro atoms. The Bertz CT molecular complexity index is 624. The standard InChI is InChI=1S/C15H15N3O2/c1-2-13(12-5-3-4-6-14(12)19)17-18-15(20)11-7-9-16-10-8-11/h3-10,19H,2H2,1H3,(H,18,20). The number of phenolic OH excluding ortho intramolecular Hbond substituents is 1. The summed E-state index contributed by atoms with van der Waals surface area (Å²) >= 11 is 0. The molecule has 20 heavy (non-hydrogen) atoms. The van der Waals surface area contributed by atoms with Crippen LogP contribution >= 0.6 is 0 Å². The second kappa shape index (κ2) is 6.47. The van der Waals surface area contributed by atoms with Gasteiger partial charge < -0.3 is 5.11 Å². The topological polar surface area (TPSA) is 74.6 Å². The Morgan fingerprint density at radius 3 is 2.60 bits per heavy atom. The van der Waals surface area contributed by atoms with E-state index in [0.717, 1.165) is 0 Å². The molecule has 0 atom stereocenters. The largest absolute Gasteiger partial charge is 0.507 e. The molecular formula is C15H15N3O2. The molecule has 0 aliphatic rings. The fourth-order valence-corrected chi connectivity index (χ4v) is 1.73. The Morgan fingerprint density at radius 1 is 1.25 bits per heavy atom. The number of amides is 1. The maximum absolute atomic E-state index is 11.9. The van der Waals surface area contributed by atoms with Gasteiger partial charge in [-0.25, -0.2) is 5.43 Å². The van der Waals surface area contributed by atoms with Crippen LogP contribution in [0, 0.1) is 0 Å².